The minimum atomic E-state index is -0.557. The first-order valence-corrected chi connectivity index (χ1v) is 9.06. The highest BCUT2D eigenvalue weighted by Gasteiger charge is 2.15. The number of amides is 1. The second-order valence-electron chi connectivity index (χ2n) is 6.20. The van der Waals surface area contributed by atoms with Gasteiger partial charge in [0.05, 0.1) is 12.8 Å². The number of carbonyl (C=O) groups excluding carboxylic acids is 1. The van der Waals surface area contributed by atoms with Crippen LogP contribution in [0.25, 0.3) is 34.2 Å². The fraction of sp³-hybridized carbons (Fsp3) is 0.0435. The molecule has 1 amide bonds. The number of anilines is 1. The Balaban J connectivity index is 1.89. The summed E-state index contributed by atoms with van der Waals surface area (Å²) in [7, 11) is 1.32. The van der Waals surface area contributed by atoms with Gasteiger partial charge < -0.3 is 4.74 Å². The number of nitrogens with zero attached hydrogens (tertiary/aromatic N) is 3. The average molecular weight is 382 g/mol. The highest BCUT2D eigenvalue weighted by molar-refractivity contribution is 5.90. The van der Waals surface area contributed by atoms with E-state index < -0.39 is 6.09 Å². The molecule has 1 heterocycles. The van der Waals surface area contributed by atoms with E-state index in [1.165, 1.54) is 7.11 Å². The van der Waals surface area contributed by atoms with Crippen LogP contribution in [0.2, 0.25) is 0 Å². The number of hydrogen-bond donors (Lipinski definition) is 1. The molecule has 0 radical (unpaired) electrons. The van der Waals surface area contributed by atoms with Crippen molar-refractivity contribution in [3.63, 3.8) is 0 Å². The van der Waals surface area contributed by atoms with Crippen molar-refractivity contribution in [3.8, 4) is 34.2 Å². The molecule has 0 bridgehead atoms. The highest BCUT2D eigenvalue weighted by Crippen LogP contribution is 2.29. The quantitative estimate of drug-likeness (QED) is 0.534. The van der Waals surface area contributed by atoms with Gasteiger partial charge in [-0.25, -0.2) is 19.7 Å². The van der Waals surface area contributed by atoms with Crippen molar-refractivity contribution >= 4 is 11.8 Å². The minimum absolute atomic E-state index is 0.463. The predicted molar refractivity (Wildman–Crippen MR) is 112 cm³/mol. The first-order valence-electron chi connectivity index (χ1n) is 9.06. The van der Waals surface area contributed by atoms with Gasteiger partial charge in [0.2, 0.25) is 0 Å². The van der Waals surface area contributed by atoms with Crippen LogP contribution in [0.5, 0.6) is 0 Å². The second-order valence-corrected chi connectivity index (χ2v) is 6.20. The van der Waals surface area contributed by atoms with Crippen molar-refractivity contribution < 1.29 is 9.53 Å². The fourth-order valence-electron chi connectivity index (χ4n) is 2.88. The summed E-state index contributed by atoms with van der Waals surface area (Å²) in [6.45, 7) is 0. The zero-order valence-electron chi connectivity index (χ0n) is 15.7. The molecule has 4 aromatic rings. The van der Waals surface area contributed by atoms with Gasteiger partial charge in [-0.3, -0.25) is 5.32 Å². The Labute approximate surface area is 168 Å². The summed E-state index contributed by atoms with van der Waals surface area (Å²) in [5.41, 5.74) is 3.00. The number of rotatable bonds is 4. The number of para-hydroxylation sites is 1. The smallest absolute Gasteiger partial charge is 0.411 e. The Morgan fingerprint density at radius 3 is 1.72 bits per heavy atom. The molecule has 0 saturated carbocycles. The lowest BCUT2D eigenvalue weighted by Gasteiger charge is -2.12. The van der Waals surface area contributed by atoms with Gasteiger partial charge in [0.15, 0.2) is 17.5 Å². The molecule has 6 heteroatoms. The minimum Gasteiger partial charge on any atom is -0.453 e. The number of ether oxygens (including phenoxy) is 1. The SMILES string of the molecule is COC(=O)Nc1ccccc1-c1nc(-c2ccccc2)nc(-c2ccccc2)n1. The van der Waals surface area contributed by atoms with Crippen LogP contribution in [0.3, 0.4) is 0 Å². The lowest BCUT2D eigenvalue weighted by molar-refractivity contribution is 0.187. The maximum atomic E-state index is 11.8. The lowest BCUT2D eigenvalue weighted by atomic mass is 10.1. The van der Waals surface area contributed by atoms with Gasteiger partial charge in [-0.2, -0.15) is 0 Å². The van der Waals surface area contributed by atoms with Crippen molar-refractivity contribution in [1.29, 1.82) is 0 Å². The monoisotopic (exact) mass is 382 g/mol. The Kier molecular flexibility index (Phi) is 5.25. The molecular weight excluding hydrogens is 364 g/mol. The lowest BCUT2D eigenvalue weighted by Crippen LogP contribution is -2.12. The van der Waals surface area contributed by atoms with Gasteiger partial charge in [-0.15, -0.1) is 0 Å². The van der Waals surface area contributed by atoms with Crippen LogP contribution in [0.4, 0.5) is 10.5 Å². The van der Waals surface area contributed by atoms with E-state index >= 15 is 0 Å². The Morgan fingerprint density at radius 2 is 1.17 bits per heavy atom. The Bertz CT molecular complexity index is 1070. The first kappa shape index (κ1) is 18.3. The number of nitrogens with one attached hydrogen (secondary N) is 1. The Hall–Kier alpha value is -4.06. The third kappa shape index (κ3) is 4.11. The van der Waals surface area contributed by atoms with E-state index in [4.69, 9.17) is 4.74 Å². The van der Waals surface area contributed by atoms with E-state index in [0.717, 1.165) is 11.1 Å². The van der Waals surface area contributed by atoms with Crippen molar-refractivity contribution in [3.05, 3.63) is 84.9 Å². The van der Waals surface area contributed by atoms with Crippen LogP contribution in [0.15, 0.2) is 84.9 Å². The zero-order chi connectivity index (χ0) is 20.1. The molecule has 4 rings (SSSR count). The molecule has 142 valence electrons. The molecular formula is C23H18N4O2. The molecule has 0 fully saturated rings. The van der Waals surface area contributed by atoms with Gasteiger partial charge >= 0.3 is 6.09 Å². The van der Waals surface area contributed by atoms with Crippen LogP contribution >= 0.6 is 0 Å². The average Bonchev–Trinajstić information content (AvgIpc) is 2.80. The summed E-state index contributed by atoms with van der Waals surface area (Å²) in [5, 5.41) is 2.72. The normalized spacial score (nSPS) is 10.4. The van der Waals surface area contributed by atoms with Crippen molar-refractivity contribution in [2.24, 2.45) is 0 Å². The van der Waals surface area contributed by atoms with Gasteiger partial charge in [-0.05, 0) is 12.1 Å². The van der Waals surface area contributed by atoms with Gasteiger partial charge in [-0.1, -0.05) is 72.8 Å². The van der Waals surface area contributed by atoms with Crippen molar-refractivity contribution in [1.82, 2.24) is 15.0 Å². The van der Waals surface area contributed by atoms with Crippen molar-refractivity contribution in [2.45, 2.75) is 0 Å². The molecule has 0 aliphatic heterocycles. The molecule has 3 aromatic carbocycles. The molecule has 6 nitrogen and oxygen atoms in total. The molecule has 0 spiro atoms. The maximum Gasteiger partial charge on any atom is 0.411 e. The summed E-state index contributed by atoms with van der Waals surface area (Å²) >= 11 is 0. The van der Waals surface area contributed by atoms with Crippen LogP contribution < -0.4 is 5.32 Å². The largest absolute Gasteiger partial charge is 0.453 e. The van der Waals surface area contributed by atoms with Crippen LogP contribution in [-0.4, -0.2) is 28.2 Å². The molecule has 0 atom stereocenters. The third-order valence-electron chi connectivity index (χ3n) is 4.29. The predicted octanol–water partition coefficient (Wildman–Crippen LogP) is 5.05. The number of methoxy groups -OCH3 is 1. The van der Waals surface area contributed by atoms with Gasteiger partial charge in [0.1, 0.15) is 0 Å². The standard InChI is InChI=1S/C23H18N4O2/c1-29-23(28)24-19-15-9-8-14-18(19)22-26-20(16-10-4-2-5-11-16)25-21(27-22)17-12-6-3-7-13-17/h2-15H,1H3,(H,24,28). The van der Waals surface area contributed by atoms with E-state index in [9.17, 15) is 4.79 Å². The summed E-state index contributed by atoms with van der Waals surface area (Å²) in [6, 6.07) is 26.8. The third-order valence-corrected chi connectivity index (χ3v) is 4.29. The molecule has 1 N–H and O–H groups in total. The summed E-state index contributed by atoms with van der Waals surface area (Å²) < 4.78 is 4.73. The van der Waals surface area contributed by atoms with Crippen LogP contribution in [-0.2, 0) is 4.74 Å². The number of carbonyl (C=O) groups is 1. The van der Waals surface area contributed by atoms with E-state index in [2.05, 4.69) is 20.3 Å². The summed E-state index contributed by atoms with van der Waals surface area (Å²) in [6.07, 6.45) is -0.557. The second kappa shape index (κ2) is 8.31. The molecule has 29 heavy (non-hydrogen) atoms. The first-order chi connectivity index (χ1) is 14.2. The number of hydrogen-bond acceptors (Lipinski definition) is 5. The molecule has 1 aromatic heterocycles. The topological polar surface area (TPSA) is 77.0 Å². The van der Waals surface area contributed by atoms with E-state index in [-0.39, 0.29) is 0 Å². The summed E-state index contributed by atoms with van der Waals surface area (Å²) in [4.78, 5) is 25.8. The van der Waals surface area contributed by atoms with Gasteiger partial charge in [0.25, 0.3) is 0 Å². The molecule has 0 aliphatic carbocycles. The molecule has 0 unspecified atom stereocenters. The van der Waals surface area contributed by atoms with Gasteiger partial charge in [0, 0.05) is 16.7 Å². The zero-order valence-corrected chi connectivity index (χ0v) is 15.7. The van der Waals surface area contributed by atoms with Crippen LogP contribution in [0.1, 0.15) is 0 Å². The highest BCUT2D eigenvalue weighted by atomic mass is 16.5. The van der Waals surface area contributed by atoms with Crippen molar-refractivity contribution in [2.75, 3.05) is 12.4 Å². The van der Waals surface area contributed by atoms with E-state index in [1.807, 2.05) is 78.9 Å². The van der Waals surface area contributed by atoms with E-state index in [0.29, 0.717) is 28.7 Å². The molecule has 0 saturated heterocycles. The Morgan fingerprint density at radius 1 is 0.690 bits per heavy atom. The van der Waals surface area contributed by atoms with E-state index in [1.54, 1.807) is 6.07 Å². The number of aromatic nitrogens is 3. The number of benzene rings is 3. The molecule has 0 aliphatic rings. The van der Waals surface area contributed by atoms with Crippen LogP contribution in [0, 0.1) is 0 Å². The maximum absolute atomic E-state index is 11.8. The summed E-state index contributed by atoms with van der Waals surface area (Å²) in [5.74, 6) is 1.58. The fourth-order valence-corrected chi connectivity index (χ4v) is 2.88.